The Morgan fingerprint density at radius 3 is 2.75 bits per heavy atom. The maximum atomic E-state index is 12.8. The molecule has 1 fully saturated rings. The molecule has 7 nitrogen and oxygen atoms in total. The van der Waals surface area contributed by atoms with Crippen molar-refractivity contribution in [3.63, 3.8) is 0 Å². The lowest BCUT2D eigenvalue weighted by molar-refractivity contribution is -0.151. The first-order valence-corrected chi connectivity index (χ1v) is 12.7. The highest BCUT2D eigenvalue weighted by Gasteiger charge is 2.35. The fraction of sp³-hybridized carbons (Fsp3) is 0.261. The summed E-state index contributed by atoms with van der Waals surface area (Å²) in [6, 6.07) is 16.7. The number of benzene rings is 2. The summed E-state index contributed by atoms with van der Waals surface area (Å²) in [6.07, 6.45) is 1.46. The Morgan fingerprint density at radius 1 is 1.12 bits per heavy atom. The first-order valence-electron chi connectivity index (χ1n) is 10.4. The van der Waals surface area contributed by atoms with Gasteiger partial charge in [0.25, 0.3) is 10.0 Å². The molecule has 1 saturated heterocycles. The molecule has 0 spiro atoms. The van der Waals surface area contributed by atoms with E-state index < -0.39 is 10.0 Å². The Morgan fingerprint density at radius 2 is 1.91 bits per heavy atom. The van der Waals surface area contributed by atoms with E-state index in [0.29, 0.717) is 30.9 Å². The number of carbonyl (C=O) groups is 1. The molecule has 0 N–H and O–H groups in total. The molecule has 32 heavy (non-hydrogen) atoms. The summed E-state index contributed by atoms with van der Waals surface area (Å²) >= 11 is 1.52. The van der Waals surface area contributed by atoms with Gasteiger partial charge in [-0.05, 0) is 25.0 Å². The molecule has 0 aliphatic carbocycles. The zero-order chi connectivity index (χ0) is 22.1. The van der Waals surface area contributed by atoms with E-state index in [1.54, 1.807) is 24.3 Å². The Labute approximate surface area is 190 Å². The van der Waals surface area contributed by atoms with Gasteiger partial charge in [0.2, 0.25) is 0 Å². The molecular weight excluding hydrogens is 446 g/mol. The molecular formula is C23H21N3O4S2. The summed E-state index contributed by atoms with van der Waals surface area (Å²) in [7, 11) is -3.69. The normalized spacial score (nSPS) is 19.3. The number of piperidine rings is 1. The van der Waals surface area contributed by atoms with Crippen molar-refractivity contribution in [2.45, 2.75) is 24.3 Å². The number of hydrogen-bond acceptors (Lipinski definition) is 7. The minimum Gasteiger partial charge on any atom is -0.459 e. The van der Waals surface area contributed by atoms with Gasteiger partial charge in [-0.3, -0.25) is 4.79 Å². The van der Waals surface area contributed by atoms with Gasteiger partial charge in [-0.1, -0.05) is 42.5 Å². The Balaban J connectivity index is 1.24. The van der Waals surface area contributed by atoms with E-state index in [9.17, 15) is 13.2 Å². The fourth-order valence-corrected chi connectivity index (χ4v) is 6.07. The molecule has 3 heterocycles. The van der Waals surface area contributed by atoms with E-state index in [4.69, 9.17) is 4.74 Å². The summed E-state index contributed by atoms with van der Waals surface area (Å²) in [4.78, 5) is 19.4. The molecule has 0 bridgehead atoms. The lowest BCUT2D eigenvalue weighted by Gasteiger charge is -2.32. The smallest absolute Gasteiger partial charge is 0.311 e. The minimum atomic E-state index is -3.69. The monoisotopic (exact) mass is 467 g/mol. The van der Waals surface area contributed by atoms with Crippen LogP contribution in [0.1, 0.15) is 24.1 Å². The highest BCUT2D eigenvalue weighted by Crippen LogP contribution is 2.30. The molecule has 1 atom stereocenters. The summed E-state index contributed by atoms with van der Waals surface area (Å²) in [5, 5.41) is 2.79. The quantitative estimate of drug-likeness (QED) is 0.544. The van der Waals surface area contributed by atoms with Crippen molar-refractivity contribution in [2.75, 3.05) is 13.1 Å². The van der Waals surface area contributed by atoms with Crippen molar-refractivity contribution < 1.29 is 17.9 Å². The third-order valence-electron chi connectivity index (χ3n) is 5.60. The molecule has 3 aromatic rings. The molecule has 2 aromatic carbocycles. The van der Waals surface area contributed by atoms with Crippen LogP contribution in [0.5, 0.6) is 0 Å². The van der Waals surface area contributed by atoms with E-state index in [1.807, 2.05) is 40.6 Å². The first-order chi connectivity index (χ1) is 15.5. The molecule has 164 valence electrons. The molecule has 9 heteroatoms. The number of thiazole rings is 1. The number of amidine groups is 1. The van der Waals surface area contributed by atoms with E-state index in [0.717, 1.165) is 22.7 Å². The van der Waals surface area contributed by atoms with E-state index in [-0.39, 0.29) is 23.4 Å². The van der Waals surface area contributed by atoms with Crippen molar-refractivity contribution in [3.05, 3.63) is 71.2 Å². The van der Waals surface area contributed by atoms with Crippen LogP contribution in [0.15, 0.2) is 69.3 Å². The maximum absolute atomic E-state index is 12.8. The number of esters is 1. The Kier molecular flexibility index (Phi) is 5.52. The van der Waals surface area contributed by atoms with Crippen LogP contribution in [0.25, 0.3) is 10.6 Å². The highest BCUT2D eigenvalue weighted by atomic mass is 32.2. The lowest BCUT2D eigenvalue weighted by atomic mass is 9.97. The second-order valence-corrected chi connectivity index (χ2v) is 10.2. The number of rotatable bonds is 4. The summed E-state index contributed by atoms with van der Waals surface area (Å²) in [5.74, 6) is -0.210. The highest BCUT2D eigenvalue weighted by molar-refractivity contribution is 7.90. The van der Waals surface area contributed by atoms with Gasteiger partial charge >= 0.3 is 5.97 Å². The van der Waals surface area contributed by atoms with Gasteiger partial charge in [0.1, 0.15) is 16.5 Å². The van der Waals surface area contributed by atoms with Gasteiger partial charge in [-0.15, -0.1) is 15.7 Å². The fourth-order valence-electron chi connectivity index (χ4n) is 4.03. The number of nitrogens with zero attached hydrogens (tertiary/aromatic N) is 3. The van der Waals surface area contributed by atoms with Crippen LogP contribution in [0.4, 0.5) is 0 Å². The van der Waals surface area contributed by atoms with Gasteiger partial charge in [0.15, 0.2) is 5.84 Å². The maximum Gasteiger partial charge on any atom is 0.311 e. The van der Waals surface area contributed by atoms with Crippen LogP contribution >= 0.6 is 11.3 Å². The van der Waals surface area contributed by atoms with Crippen LogP contribution in [0.2, 0.25) is 0 Å². The standard InChI is InChI=1S/C23H21N3O4S2/c27-23(30-14-18-15-31-22(24-18)16-7-2-1-3-8-16)17-9-6-12-26(13-17)21-19-10-4-5-11-20(19)32(28,29)25-21/h1-5,7-8,10-11,15,17H,6,9,12-14H2. The van der Waals surface area contributed by atoms with Gasteiger partial charge in [-0.2, -0.15) is 8.42 Å². The average Bonchev–Trinajstić information content (AvgIpc) is 3.41. The molecule has 2 aliphatic rings. The van der Waals surface area contributed by atoms with Gasteiger partial charge in [0.05, 0.1) is 11.6 Å². The molecule has 5 rings (SSSR count). The Hall–Kier alpha value is -3.04. The van der Waals surface area contributed by atoms with Crippen molar-refractivity contribution >= 4 is 33.2 Å². The van der Waals surface area contributed by atoms with Crippen LogP contribution in [0, 0.1) is 5.92 Å². The average molecular weight is 468 g/mol. The molecule has 2 aliphatic heterocycles. The number of carbonyl (C=O) groups excluding carboxylic acids is 1. The van der Waals surface area contributed by atoms with Crippen LogP contribution in [-0.4, -0.2) is 43.2 Å². The number of aromatic nitrogens is 1. The summed E-state index contributed by atoms with van der Waals surface area (Å²) < 4.78 is 34.3. The second-order valence-electron chi connectivity index (χ2n) is 7.79. The van der Waals surface area contributed by atoms with E-state index in [2.05, 4.69) is 9.38 Å². The van der Waals surface area contributed by atoms with E-state index >= 15 is 0 Å². The predicted molar refractivity (Wildman–Crippen MR) is 122 cm³/mol. The second kappa shape index (κ2) is 8.48. The minimum absolute atomic E-state index is 0.122. The van der Waals surface area contributed by atoms with Crippen molar-refractivity contribution in [1.29, 1.82) is 0 Å². The summed E-state index contributed by atoms with van der Waals surface area (Å²) in [5.41, 5.74) is 2.35. The van der Waals surface area contributed by atoms with Gasteiger partial charge < -0.3 is 9.64 Å². The van der Waals surface area contributed by atoms with Gasteiger partial charge in [-0.25, -0.2) is 4.98 Å². The number of ether oxygens (including phenoxy) is 1. The molecule has 0 amide bonds. The Bertz CT molecular complexity index is 1290. The van der Waals surface area contributed by atoms with Crippen molar-refractivity contribution in [2.24, 2.45) is 10.3 Å². The molecule has 1 aromatic heterocycles. The largest absolute Gasteiger partial charge is 0.459 e. The van der Waals surface area contributed by atoms with Crippen molar-refractivity contribution in [1.82, 2.24) is 9.88 Å². The first kappa shape index (κ1) is 20.8. The predicted octanol–water partition coefficient (Wildman–Crippen LogP) is 3.71. The van der Waals surface area contributed by atoms with E-state index in [1.165, 1.54) is 11.3 Å². The third-order valence-corrected chi connectivity index (χ3v) is 7.87. The molecule has 0 radical (unpaired) electrons. The molecule has 1 unspecified atom stereocenters. The SMILES string of the molecule is O=C(OCc1csc(-c2ccccc2)n1)C1CCCN(C2=NS(=O)(=O)c3ccccc32)C1. The zero-order valence-corrected chi connectivity index (χ0v) is 18.8. The number of sulfonamides is 1. The molecule has 0 saturated carbocycles. The number of likely N-dealkylation sites (tertiary alicyclic amines) is 1. The number of fused-ring (bicyclic) bond motifs is 1. The van der Waals surface area contributed by atoms with Crippen molar-refractivity contribution in [3.8, 4) is 10.6 Å². The summed E-state index contributed by atoms with van der Waals surface area (Å²) in [6.45, 7) is 1.16. The van der Waals surface area contributed by atoms with Crippen LogP contribution < -0.4 is 0 Å². The lowest BCUT2D eigenvalue weighted by Crippen LogP contribution is -2.42. The third kappa shape index (κ3) is 4.05. The van der Waals surface area contributed by atoms with Crippen LogP contribution in [0.3, 0.4) is 0 Å². The number of hydrogen-bond donors (Lipinski definition) is 0. The topological polar surface area (TPSA) is 88.9 Å². The zero-order valence-electron chi connectivity index (χ0n) is 17.2. The van der Waals surface area contributed by atoms with Crippen LogP contribution in [-0.2, 0) is 26.2 Å². The van der Waals surface area contributed by atoms with Gasteiger partial charge in [0, 0.05) is 29.6 Å².